The lowest BCUT2D eigenvalue weighted by atomic mass is 10.1. The van der Waals surface area contributed by atoms with Crippen molar-refractivity contribution in [2.45, 2.75) is 18.7 Å². The lowest BCUT2D eigenvalue weighted by Crippen LogP contribution is -2.36. The van der Waals surface area contributed by atoms with Gasteiger partial charge in [-0.05, 0) is 17.7 Å². The third kappa shape index (κ3) is 1.90. The molecular formula is C13H16N2O3. The van der Waals surface area contributed by atoms with Crippen molar-refractivity contribution in [3.8, 4) is 5.75 Å². The van der Waals surface area contributed by atoms with E-state index in [1.165, 1.54) is 0 Å². The van der Waals surface area contributed by atoms with Gasteiger partial charge in [0.1, 0.15) is 11.9 Å². The second-order valence-electron chi connectivity index (χ2n) is 4.63. The van der Waals surface area contributed by atoms with Crippen LogP contribution in [0.25, 0.3) is 0 Å². The van der Waals surface area contributed by atoms with E-state index in [1.807, 2.05) is 24.3 Å². The highest BCUT2D eigenvalue weighted by Gasteiger charge is 2.44. The maximum absolute atomic E-state index is 11.8. The Morgan fingerprint density at radius 2 is 2.39 bits per heavy atom. The number of benzene rings is 1. The van der Waals surface area contributed by atoms with Crippen LogP contribution in [0.5, 0.6) is 5.75 Å². The first-order chi connectivity index (χ1) is 8.78. The molecule has 2 fully saturated rings. The second-order valence-corrected chi connectivity index (χ2v) is 4.63. The summed E-state index contributed by atoms with van der Waals surface area (Å²) in [6.45, 7) is 2.13. The average Bonchev–Trinajstić information content (AvgIpc) is 2.93. The number of nitrogens with one attached hydrogen (secondary N) is 1. The summed E-state index contributed by atoms with van der Waals surface area (Å²) < 4.78 is 10.5. The van der Waals surface area contributed by atoms with Crippen molar-refractivity contribution >= 4 is 6.09 Å². The Morgan fingerprint density at radius 3 is 3.22 bits per heavy atom. The molecule has 3 rings (SSSR count). The minimum absolute atomic E-state index is 0.00288. The molecule has 2 saturated heterocycles. The van der Waals surface area contributed by atoms with Crippen molar-refractivity contribution in [3.63, 3.8) is 0 Å². The van der Waals surface area contributed by atoms with Gasteiger partial charge in [0.25, 0.3) is 0 Å². The molecule has 96 valence electrons. The van der Waals surface area contributed by atoms with Gasteiger partial charge in [0, 0.05) is 19.6 Å². The summed E-state index contributed by atoms with van der Waals surface area (Å²) in [5.41, 5.74) is 1.05. The molecule has 0 radical (unpaired) electrons. The summed E-state index contributed by atoms with van der Waals surface area (Å²) >= 11 is 0. The molecule has 5 heteroatoms. The molecule has 2 aliphatic rings. The molecule has 0 spiro atoms. The number of ether oxygens (including phenoxy) is 2. The lowest BCUT2D eigenvalue weighted by molar-refractivity contribution is 0.133. The van der Waals surface area contributed by atoms with Gasteiger partial charge >= 0.3 is 6.09 Å². The maximum Gasteiger partial charge on any atom is 0.410 e. The van der Waals surface area contributed by atoms with Crippen LogP contribution in [0.1, 0.15) is 5.56 Å². The van der Waals surface area contributed by atoms with Crippen molar-refractivity contribution in [1.29, 1.82) is 0 Å². The molecule has 2 aliphatic heterocycles. The Morgan fingerprint density at radius 1 is 1.50 bits per heavy atom. The highest BCUT2D eigenvalue weighted by Crippen LogP contribution is 2.25. The van der Waals surface area contributed by atoms with E-state index >= 15 is 0 Å². The zero-order chi connectivity index (χ0) is 12.5. The van der Waals surface area contributed by atoms with Crippen molar-refractivity contribution in [2.24, 2.45) is 0 Å². The summed E-state index contributed by atoms with van der Waals surface area (Å²) in [7, 11) is 1.64. The highest BCUT2D eigenvalue weighted by atomic mass is 16.6. The van der Waals surface area contributed by atoms with Crippen LogP contribution in [-0.2, 0) is 11.3 Å². The zero-order valence-electron chi connectivity index (χ0n) is 10.3. The number of nitrogens with zero attached hydrogens (tertiary/aromatic N) is 1. The number of hydrogen-bond donors (Lipinski definition) is 1. The number of methoxy groups -OCH3 is 1. The second kappa shape index (κ2) is 4.49. The number of fused-ring (bicyclic) bond motifs is 1. The van der Waals surface area contributed by atoms with Gasteiger partial charge in [-0.15, -0.1) is 0 Å². The molecule has 1 aromatic rings. The van der Waals surface area contributed by atoms with E-state index in [0.29, 0.717) is 6.54 Å². The van der Waals surface area contributed by atoms with Gasteiger partial charge in [-0.25, -0.2) is 4.79 Å². The Balaban J connectivity index is 1.77. The molecule has 1 amide bonds. The first-order valence-corrected chi connectivity index (χ1v) is 6.09. The van der Waals surface area contributed by atoms with Crippen LogP contribution in [-0.4, -0.2) is 43.3 Å². The molecule has 1 N–H and O–H groups in total. The van der Waals surface area contributed by atoms with Crippen LogP contribution < -0.4 is 10.1 Å². The number of hydrogen-bond acceptors (Lipinski definition) is 4. The third-order valence-electron chi connectivity index (χ3n) is 3.50. The standard InChI is InChI=1S/C13H16N2O3/c1-17-10-4-2-3-9(5-10)8-15-11-6-14-7-12(11)18-13(15)16/h2-5,11-12,14H,6-8H2,1H3. The first kappa shape index (κ1) is 11.3. The topological polar surface area (TPSA) is 50.8 Å². The van der Waals surface area contributed by atoms with Crippen LogP contribution in [0.3, 0.4) is 0 Å². The minimum atomic E-state index is -0.214. The van der Waals surface area contributed by atoms with Gasteiger partial charge in [-0.3, -0.25) is 4.90 Å². The van der Waals surface area contributed by atoms with Crippen LogP contribution in [0, 0.1) is 0 Å². The molecular weight excluding hydrogens is 232 g/mol. The largest absolute Gasteiger partial charge is 0.497 e. The first-order valence-electron chi connectivity index (χ1n) is 6.09. The van der Waals surface area contributed by atoms with Gasteiger partial charge in [0.2, 0.25) is 0 Å². The Bertz CT molecular complexity index is 463. The number of amides is 1. The fourth-order valence-electron chi connectivity index (χ4n) is 2.55. The fraction of sp³-hybridized carbons (Fsp3) is 0.462. The lowest BCUT2D eigenvalue weighted by Gasteiger charge is -2.19. The molecule has 2 unspecified atom stereocenters. The predicted octanol–water partition coefficient (Wildman–Crippen LogP) is 0.988. The third-order valence-corrected chi connectivity index (χ3v) is 3.50. The highest BCUT2D eigenvalue weighted by molar-refractivity contribution is 5.71. The van der Waals surface area contributed by atoms with Gasteiger partial charge in [-0.1, -0.05) is 12.1 Å². The van der Waals surface area contributed by atoms with Crippen LogP contribution in [0.15, 0.2) is 24.3 Å². The predicted molar refractivity (Wildman–Crippen MR) is 65.5 cm³/mol. The molecule has 0 bridgehead atoms. The van der Waals surface area contributed by atoms with Gasteiger partial charge in [-0.2, -0.15) is 0 Å². The van der Waals surface area contributed by atoms with E-state index in [4.69, 9.17) is 9.47 Å². The molecule has 2 heterocycles. The van der Waals surface area contributed by atoms with Crippen molar-refractivity contribution in [1.82, 2.24) is 10.2 Å². The van der Waals surface area contributed by atoms with E-state index in [2.05, 4.69) is 5.32 Å². The van der Waals surface area contributed by atoms with E-state index in [-0.39, 0.29) is 18.2 Å². The zero-order valence-corrected chi connectivity index (χ0v) is 10.3. The maximum atomic E-state index is 11.8. The number of rotatable bonds is 3. The molecule has 18 heavy (non-hydrogen) atoms. The molecule has 1 aromatic carbocycles. The SMILES string of the molecule is COc1cccc(CN2C(=O)OC3CNCC32)c1. The van der Waals surface area contributed by atoms with Crippen LogP contribution >= 0.6 is 0 Å². The molecule has 0 aliphatic carbocycles. The van der Waals surface area contributed by atoms with Crippen LogP contribution in [0.2, 0.25) is 0 Å². The van der Waals surface area contributed by atoms with Gasteiger partial charge in [0.15, 0.2) is 0 Å². The number of carbonyl (C=O) groups is 1. The Kier molecular flexibility index (Phi) is 2.83. The molecule has 0 aromatic heterocycles. The summed E-state index contributed by atoms with van der Waals surface area (Å²) in [5, 5.41) is 3.24. The van der Waals surface area contributed by atoms with Gasteiger partial charge < -0.3 is 14.8 Å². The quantitative estimate of drug-likeness (QED) is 0.866. The Hall–Kier alpha value is -1.75. The van der Waals surface area contributed by atoms with E-state index < -0.39 is 0 Å². The smallest absolute Gasteiger partial charge is 0.410 e. The summed E-state index contributed by atoms with van der Waals surface area (Å²) in [6.07, 6.45) is -0.211. The van der Waals surface area contributed by atoms with Crippen LogP contribution in [0.4, 0.5) is 4.79 Å². The van der Waals surface area contributed by atoms with Gasteiger partial charge in [0.05, 0.1) is 13.2 Å². The van der Waals surface area contributed by atoms with E-state index in [9.17, 15) is 4.79 Å². The monoisotopic (exact) mass is 248 g/mol. The average molecular weight is 248 g/mol. The van der Waals surface area contributed by atoms with E-state index in [0.717, 1.165) is 24.4 Å². The van der Waals surface area contributed by atoms with Crippen molar-refractivity contribution in [2.75, 3.05) is 20.2 Å². The molecule has 2 atom stereocenters. The van der Waals surface area contributed by atoms with E-state index in [1.54, 1.807) is 12.0 Å². The Labute approximate surface area is 106 Å². The fourth-order valence-corrected chi connectivity index (χ4v) is 2.55. The van der Waals surface area contributed by atoms with Crippen molar-refractivity contribution in [3.05, 3.63) is 29.8 Å². The summed E-state index contributed by atoms with van der Waals surface area (Å²) in [6, 6.07) is 7.92. The van der Waals surface area contributed by atoms with Crippen molar-refractivity contribution < 1.29 is 14.3 Å². The molecule has 5 nitrogen and oxygen atoms in total. The minimum Gasteiger partial charge on any atom is -0.497 e. The molecule has 0 saturated carbocycles. The number of carbonyl (C=O) groups excluding carboxylic acids is 1. The normalized spacial score (nSPS) is 26.1. The summed E-state index contributed by atoms with van der Waals surface area (Å²) in [4.78, 5) is 13.6. The summed E-state index contributed by atoms with van der Waals surface area (Å²) in [5.74, 6) is 0.807.